The number of nitrogens with one attached hydrogen (secondary N) is 1. The van der Waals surface area contributed by atoms with Crippen LogP contribution in [0.15, 0.2) is 42.5 Å². The van der Waals surface area contributed by atoms with Gasteiger partial charge >= 0.3 is 0 Å². The van der Waals surface area contributed by atoms with Crippen molar-refractivity contribution in [2.24, 2.45) is 11.7 Å². The van der Waals surface area contributed by atoms with Gasteiger partial charge in [0.1, 0.15) is 12.4 Å². The van der Waals surface area contributed by atoms with Gasteiger partial charge in [-0.2, -0.15) is 0 Å². The van der Waals surface area contributed by atoms with E-state index < -0.39 is 11.6 Å². The van der Waals surface area contributed by atoms with E-state index in [1.165, 1.54) is 6.07 Å². The Kier molecular flexibility index (Phi) is 4.76. The van der Waals surface area contributed by atoms with Crippen molar-refractivity contribution >= 4 is 11.6 Å². The average Bonchev–Trinajstić information content (AvgIpc) is 3.37. The molecular formula is C18H18F2N2O2. The normalized spacial score (nSPS) is 19.0. The highest BCUT2D eigenvalue weighted by Gasteiger charge is 2.44. The maximum atomic E-state index is 13.3. The molecule has 1 amide bonds. The summed E-state index contributed by atoms with van der Waals surface area (Å²) in [5, 5.41) is 2.83. The number of anilines is 1. The van der Waals surface area contributed by atoms with Gasteiger partial charge in [0.15, 0.2) is 11.6 Å². The van der Waals surface area contributed by atoms with Crippen molar-refractivity contribution in [2.45, 2.75) is 12.3 Å². The van der Waals surface area contributed by atoms with Crippen molar-refractivity contribution in [3.8, 4) is 5.75 Å². The average molecular weight is 332 g/mol. The van der Waals surface area contributed by atoms with Crippen molar-refractivity contribution in [1.29, 1.82) is 0 Å². The fourth-order valence-electron chi connectivity index (χ4n) is 2.64. The molecule has 0 saturated heterocycles. The van der Waals surface area contributed by atoms with E-state index in [9.17, 15) is 13.6 Å². The third-order valence-electron chi connectivity index (χ3n) is 4.01. The summed E-state index contributed by atoms with van der Waals surface area (Å²) in [6, 6.07) is 10.8. The zero-order valence-electron chi connectivity index (χ0n) is 13.0. The number of halogens is 2. The maximum Gasteiger partial charge on any atom is 0.228 e. The molecule has 1 aliphatic carbocycles. The van der Waals surface area contributed by atoms with Gasteiger partial charge in [-0.25, -0.2) is 8.78 Å². The molecule has 1 saturated carbocycles. The lowest BCUT2D eigenvalue weighted by molar-refractivity contribution is -0.117. The Hall–Kier alpha value is -2.47. The van der Waals surface area contributed by atoms with Crippen molar-refractivity contribution in [1.82, 2.24) is 0 Å². The van der Waals surface area contributed by atoms with Gasteiger partial charge in [-0.3, -0.25) is 4.79 Å². The van der Waals surface area contributed by atoms with E-state index >= 15 is 0 Å². The summed E-state index contributed by atoms with van der Waals surface area (Å²) >= 11 is 0. The molecule has 0 bridgehead atoms. The Morgan fingerprint density at radius 2 is 1.92 bits per heavy atom. The molecule has 2 atom stereocenters. The Labute approximate surface area is 138 Å². The first kappa shape index (κ1) is 16.4. The van der Waals surface area contributed by atoms with E-state index in [1.54, 1.807) is 24.3 Å². The van der Waals surface area contributed by atoms with Crippen molar-refractivity contribution in [3.63, 3.8) is 0 Å². The SMILES string of the molecule is NCCOc1ccc(NC(=O)C2CC2c2ccc(F)c(F)c2)cc1. The predicted octanol–water partition coefficient (Wildman–Crippen LogP) is 3.04. The van der Waals surface area contributed by atoms with E-state index in [0.717, 1.165) is 12.1 Å². The van der Waals surface area contributed by atoms with Crippen LogP contribution in [0.4, 0.5) is 14.5 Å². The van der Waals surface area contributed by atoms with Gasteiger partial charge in [-0.1, -0.05) is 6.07 Å². The topological polar surface area (TPSA) is 64.3 Å². The molecule has 0 aromatic heterocycles. The summed E-state index contributed by atoms with van der Waals surface area (Å²) in [6.07, 6.45) is 0.634. The molecule has 1 fully saturated rings. The quantitative estimate of drug-likeness (QED) is 0.854. The molecule has 126 valence electrons. The molecule has 3 rings (SSSR count). The highest BCUT2D eigenvalue weighted by atomic mass is 19.2. The van der Waals surface area contributed by atoms with Gasteiger partial charge in [0.2, 0.25) is 5.91 Å². The maximum absolute atomic E-state index is 13.3. The monoisotopic (exact) mass is 332 g/mol. The molecule has 24 heavy (non-hydrogen) atoms. The lowest BCUT2D eigenvalue weighted by Gasteiger charge is -2.08. The first-order chi connectivity index (χ1) is 11.6. The fourth-order valence-corrected chi connectivity index (χ4v) is 2.64. The molecule has 2 unspecified atom stereocenters. The van der Waals surface area contributed by atoms with Gasteiger partial charge in [0, 0.05) is 18.2 Å². The fraction of sp³-hybridized carbons (Fsp3) is 0.278. The third kappa shape index (κ3) is 3.71. The second kappa shape index (κ2) is 6.97. The van der Waals surface area contributed by atoms with Gasteiger partial charge in [0.05, 0.1) is 0 Å². The Bertz CT molecular complexity index is 734. The zero-order valence-corrected chi connectivity index (χ0v) is 13.0. The van der Waals surface area contributed by atoms with Crippen LogP contribution in [0, 0.1) is 17.6 Å². The summed E-state index contributed by atoms with van der Waals surface area (Å²) in [4.78, 5) is 12.2. The van der Waals surface area contributed by atoms with Crippen molar-refractivity contribution < 1.29 is 18.3 Å². The number of hydrogen-bond donors (Lipinski definition) is 2. The van der Waals surface area contributed by atoms with Crippen LogP contribution in [-0.2, 0) is 4.79 Å². The molecule has 3 N–H and O–H groups in total. The second-order valence-electron chi connectivity index (χ2n) is 5.77. The molecule has 0 heterocycles. The molecule has 2 aromatic rings. The highest BCUT2D eigenvalue weighted by Crippen LogP contribution is 2.48. The van der Waals surface area contributed by atoms with Gasteiger partial charge in [-0.05, 0) is 54.3 Å². The van der Waals surface area contributed by atoms with Crippen LogP contribution in [0.25, 0.3) is 0 Å². The minimum Gasteiger partial charge on any atom is -0.492 e. The van der Waals surface area contributed by atoms with Crippen LogP contribution < -0.4 is 15.8 Å². The molecule has 1 aliphatic rings. The van der Waals surface area contributed by atoms with Crippen LogP contribution in [-0.4, -0.2) is 19.1 Å². The minimum absolute atomic E-state index is 0.0627. The van der Waals surface area contributed by atoms with Crippen molar-refractivity contribution in [3.05, 3.63) is 59.7 Å². The van der Waals surface area contributed by atoms with E-state index in [2.05, 4.69) is 5.32 Å². The third-order valence-corrected chi connectivity index (χ3v) is 4.01. The van der Waals surface area contributed by atoms with Gasteiger partial charge < -0.3 is 15.8 Å². The minimum atomic E-state index is -0.883. The number of carbonyl (C=O) groups excluding carboxylic acids is 1. The summed E-state index contributed by atoms with van der Waals surface area (Å²) in [5.41, 5.74) is 6.68. The molecule has 0 aliphatic heterocycles. The number of rotatable bonds is 6. The zero-order chi connectivity index (χ0) is 17.1. The van der Waals surface area contributed by atoms with Crippen LogP contribution in [0.3, 0.4) is 0 Å². The molecule has 0 spiro atoms. The predicted molar refractivity (Wildman–Crippen MR) is 86.8 cm³/mol. The Morgan fingerprint density at radius 3 is 2.58 bits per heavy atom. The van der Waals surface area contributed by atoms with Crippen LogP contribution >= 0.6 is 0 Å². The van der Waals surface area contributed by atoms with E-state index in [1.807, 2.05) is 0 Å². The lowest BCUT2D eigenvalue weighted by atomic mass is 10.1. The number of hydrogen-bond acceptors (Lipinski definition) is 3. The summed E-state index contributed by atoms with van der Waals surface area (Å²) in [7, 11) is 0. The van der Waals surface area contributed by atoms with Crippen LogP contribution in [0.5, 0.6) is 5.75 Å². The summed E-state index contributed by atoms with van der Waals surface area (Å²) < 4.78 is 31.6. The number of ether oxygens (including phenoxy) is 1. The second-order valence-corrected chi connectivity index (χ2v) is 5.77. The van der Waals surface area contributed by atoms with E-state index in [4.69, 9.17) is 10.5 Å². The number of amides is 1. The molecular weight excluding hydrogens is 314 g/mol. The smallest absolute Gasteiger partial charge is 0.228 e. The van der Waals surface area contributed by atoms with Crippen LogP contribution in [0.2, 0.25) is 0 Å². The molecule has 4 nitrogen and oxygen atoms in total. The highest BCUT2D eigenvalue weighted by molar-refractivity contribution is 5.95. The Morgan fingerprint density at radius 1 is 1.17 bits per heavy atom. The van der Waals surface area contributed by atoms with E-state index in [0.29, 0.717) is 36.6 Å². The van der Waals surface area contributed by atoms with E-state index in [-0.39, 0.29) is 17.7 Å². The number of benzene rings is 2. The molecule has 6 heteroatoms. The number of carbonyl (C=O) groups is 1. The largest absolute Gasteiger partial charge is 0.492 e. The van der Waals surface area contributed by atoms with Gasteiger partial charge in [0.25, 0.3) is 0 Å². The standard InChI is InChI=1S/C18H18F2N2O2/c19-16-6-1-11(9-17(16)20)14-10-15(14)18(23)22-12-2-4-13(5-3-12)24-8-7-21/h1-6,9,14-15H,7-8,10,21H2,(H,22,23). The van der Waals surface area contributed by atoms with Crippen LogP contribution in [0.1, 0.15) is 17.9 Å². The van der Waals surface area contributed by atoms with Crippen molar-refractivity contribution in [2.75, 3.05) is 18.5 Å². The molecule has 2 aromatic carbocycles. The molecule has 0 radical (unpaired) electrons. The summed E-state index contributed by atoms with van der Waals surface area (Å²) in [5.74, 6) is -1.48. The Balaban J connectivity index is 1.57. The lowest BCUT2D eigenvalue weighted by Crippen LogP contribution is -2.14. The first-order valence-corrected chi connectivity index (χ1v) is 7.77. The summed E-state index contributed by atoms with van der Waals surface area (Å²) in [6.45, 7) is 0.870. The van der Waals surface area contributed by atoms with Gasteiger partial charge in [-0.15, -0.1) is 0 Å². The first-order valence-electron chi connectivity index (χ1n) is 7.77. The number of nitrogens with two attached hydrogens (primary N) is 1.